The third-order valence-electron chi connectivity index (χ3n) is 4.04. The fourth-order valence-corrected chi connectivity index (χ4v) is 2.77. The van der Waals surface area contributed by atoms with Gasteiger partial charge in [0.2, 0.25) is 0 Å². The Morgan fingerprint density at radius 1 is 1.11 bits per heavy atom. The maximum absolute atomic E-state index is 10.4. The SMILES string of the molecule is CC(CN1CCCN(C)CC1)C(O)c1ccccc1. The van der Waals surface area contributed by atoms with Crippen molar-refractivity contribution in [1.82, 2.24) is 9.80 Å². The minimum Gasteiger partial charge on any atom is -0.388 e. The number of rotatable bonds is 4. The molecule has 0 bridgehead atoms. The molecule has 106 valence electrons. The second-order valence-corrected chi connectivity index (χ2v) is 5.79. The molecule has 1 aliphatic heterocycles. The van der Waals surface area contributed by atoms with Gasteiger partial charge in [-0.3, -0.25) is 0 Å². The van der Waals surface area contributed by atoms with Crippen molar-refractivity contribution < 1.29 is 5.11 Å². The lowest BCUT2D eigenvalue weighted by molar-refractivity contribution is 0.0892. The minimum absolute atomic E-state index is 0.269. The molecule has 1 saturated heterocycles. The van der Waals surface area contributed by atoms with Crippen molar-refractivity contribution in [1.29, 1.82) is 0 Å². The van der Waals surface area contributed by atoms with E-state index in [1.165, 1.54) is 13.0 Å². The summed E-state index contributed by atoms with van der Waals surface area (Å²) in [7, 11) is 2.19. The van der Waals surface area contributed by atoms with Gasteiger partial charge >= 0.3 is 0 Å². The monoisotopic (exact) mass is 262 g/mol. The molecule has 1 heterocycles. The molecule has 3 heteroatoms. The van der Waals surface area contributed by atoms with Crippen molar-refractivity contribution in [2.45, 2.75) is 19.4 Å². The molecule has 0 spiro atoms. The molecule has 0 aliphatic carbocycles. The average Bonchev–Trinajstić information content (AvgIpc) is 2.64. The van der Waals surface area contributed by atoms with Crippen LogP contribution in [-0.4, -0.2) is 54.7 Å². The highest BCUT2D eigenvalue weighted by Crippen LogP contribution is 2.22. The summed E-state index contributed by atoms with van der Waals surface area (Å²) in [6, 6.07) is 10.00. The maximum Gasteiger partial charge on any atom is 0.0827 e. The molecule has 2 rings (SSSR count). The Morgan fingerprint density at radius 2 is 1.84 bits per heavy atom. The Labute approximate surface area is 116 Å². The van der Waals surface area contributed by atoms with Crippen LogP contribution in [0.3, 0.4) is 0 Å². The van der Waals surface area contributed by atoms with Crippen LogP contribution in [-0.2, 0) is 0 Å². The summed E-state index contributed by atoms with van der Waals surface area (Å²) in [6.45, 7) is 7.70. The Balaban J connectivity index is 1.88. The van der Waals surface area contributed by atoms with Crippen LogP contribution in [0.2, 0.25) is 0 Å². The van der Waals surface area contributed by atoms with E-state index in [2.05, 4.69) is 23.8 Å². The molecule has 19 heavy (non-hydrogen) atoms. The van der Waals surface area contributed by atoms with Crippen molar-refractivity contribution in [3.63, 3.8) is 0 Å². The molecule has 1 aliphatic rings. The van der Waals surface area contributed by atoms with Gasteiger partial charge in [-0.15, -0.1) is 0 Å². The highest BCUT2D eigenvalue weighted by molar-refractivity contribution is 5.17. The minimum atomic E-state index is -0.359. The van der Waals surface area contributed by atoms with E-state index in [0.717, 1.165) is 31.7 Å². The highest BCUT2D eigenvalue weighted by Gasteiger charge is 2.20. The first-order valence-electron chi connectivity index (χ1n) is 7.30. The van der Waals surface area contributed by atoms with Gasteiger partial charge in [-0.2, -0.15) is 0 Å². The zero-order valence-corrected chi connectivity index (χ0v) is 12.1. The van der Waals surface area contributed by atoms with E-state index in [0.29, 0.717) is 0 Å². The second-order valence-electron chi connectivity index (χ2n) is 5.79. The maximum atomic E-state index is 10.4. The molecular weight excluding hydrogens is 236 g/mol. The summed E-state index contributed by atoms with van der Waals surface area (Å²) >= 11 is 0. The third-order valence-corrected chi connectivity index (χ3v) is 4.04. The molecule has 1 aromatic carbocycles. The van der Waals surface area contributed by atoms with Gasteiger partial charge in [0.1, 0.15) is 0 Å². The van der Waals surface area contributed by atoms with E-state index in [1.54, 1.807) is 0 Å². The number of hydrogen-bond acceptors (Lipinski definition) is 3. The van der Waals surface area contributed by atoms with Gasteiger partial charge in [0.05, 0.1) is 6.10 Å². The molecule has 1 N–H and O–H groups in total. The molecule has 1 aromatic rings. The van der Waals surface area contributed by atoms with E-state index in [9.17, 15) is 5.11 Å². The van der Waals surface area contributed by atoms with Gasteiger partial charge < -0.3 is 14.9 Å². The number of aliphatic hydroxyl groups is 1. The Kier molecular flexibility index (Phi) is 5.37. The Hall–Kier alpha value is -0.900. The predicted molar refractivity (Wildman–Crippen MR) is 79.1 cm³/mol. The molecule has 1 fully saturated rings. The predicted octanol–water partition coefficient (Wildman–Crippen LogP) is 1.99. The van der Waals surface area contributed by atoms with Crippen LogP contribution in [0.1, 0.15) is 25.0 Å². The van der Waals surface area contributed by atoms with Crippen LogP contribution in [0, 0.1) is 5.92 Å². The molecular formula is C16H26N2O. The molecule has 3 nitrogen and oxygen atoms in total. The molecule has 0 radical (unpaired) electrons. The number of aliphatic hydroxyl groups excluding tert-OH is 1. The van der Waals surface area contributed by atoms with Gasteiger partial charge in [0.15, 0.2) is 0 Å². The molecule has 0 saturated carbocycles. The van der Waals surface area contributed by atoms with Gasteiger partial charge in [0, 0.05) is 19.6 Å². The van der Waals surface area contributed by atoms with E-state index >= 15 is 0 Å². The van der Waals surface area contributed by atoms with E-state index < -0.39 is 0 Å². The quantitative estimate of drug-likeness (QED) is 0.899. The number of hydrogen-bond donors (Lipinski definition) is 1. The largest absolute Gasteiger partial charge is 0.388 e. The van der Waals surface area contributed by atoms with Crippen LogP contribution in [0.15, 0.2) is 30.3 Å². The van der Waals surface area contributed by atoms with Crippen molar-refractivity contribution in [2.75, 3.05) is 39.8 Å². The van der Waals surface area contributed by atoms with Gasteiger partial charge in [-0.05, 0) is 38.0 Å². The summed E-state index contributed by atoms with van der Waals surface area (Å²) in [5.74, 6) is 0.269. The highest BCUT2D eigenvalue weighted by atomic mass is 16.3. The first-order chi connectivity index (χ1) is 9.16. The lowest BCUT2D eigenvalue weighted by Gasteiger charge is -2.27. The molecule has 2 unspecified atom stereocenters. The number of nitrogens with zero attached hydrogens (tertiary/aromatic N) is 2. The Bertz CT molecular complexity index is 368. The van der Waals surface area contributed by atoms with Crippen LogP contribution in [0.5, 0.6) is 0 Å². The van der Waals surface area contributed by atoms with Gasteiger partial charge in [0.25, 0.3) is 0 Å². The zero-order valence-electron chi connectivity index (χ0n) is 12.1. The van der Waals surface area contributed by atoms with Crippen LogP contribution >= 0.6 is 0 Å². The Morgan fingerprint density at radius 3 is 2.58 bits per heavy atom. The summed E-state index contributed by atoms with van der Waals surface area (Å²) < 4.78 is 0. The topological polar surface area (TPSA) is 26.7 Å². The van der Waals surface area contributed by atoms with E-state index in [1.807, 2.05) is 30.3 Å². The van der Waals surface area contributed by atoms with Crippen molar-refractivity contribution >= 4 is 0 Å². The lowest BCUT2D eigenvalue weighted by Crippen LogP contribution is -2.34. The standard InChI is InChI=1S/C16H26N2O/c1-14(16(19)15-7-4-3-5-8-15)13-18-10-6-9-17(2)11-12-18/h3-5,7-8,14,16,19H,6,9-13H2,1-2H3. The number of benzene rings is 1. The van der Waals surface area contributed by atoms with E-state index in [-0.39, 0.29) is 12.0 Å². The second kappa shape index (κ2) is 7.04. The van der Waals surface area contributed by atoms with Gasteiger partial charge in [-0.25, -0.2) is 0 Å². The van der Waals surface area contributed by atoms with Crippen molar-refractivity contribution in [2.24, 2.45) is 5.92 Å². The van der Waals surface area contributed by atoms with Crippen molar-refractivity contribution in [3.8, 4) is 0 Å². The molecule has 0 aromatic heterocycles. The summed E-state index contributed by atoms with van der Waals surface area (Å²) in [6.07, 6.45) is 0.868. The first-order valence-corrected chi connectivity index (χ1v) is 7.30. The average molecular weight is 262 g/mol. The fraction of sp³-hybridized carbons (Fsp3) is 0.625. The van der Waals surface area contributed by atoms with E-state index in [4.69, 9.17) is 0 Å². The third kappa shape index (κ3) is 4.30. The van der Waals surface area contributed by atoms with Crippen LogP contribution in [0.4, 0.5) is 0 Å². The molecule has 2 atom stereocenters. The first kappa shape index (κ1) is 14.5. The lowest BCUT2D eigenvalue weighted by atomic mass is 9.97. The fourth-order valence-electron chi connectivity index (χ4n) is 2.77. The van der Waals surface area contributed by atoms with Crippen LogP contribution in [0.25, 0.3) is 0 Å². The van der Waals surface area contributed by atoms with Crippen molar-refractivity contribution in [3.05, 3.63) is 35.9 Å². The smallest absolute Gasteiger partial charge is 0.0827 e. The van der Waals surface area contributed by atoms with Gasteiger partial charge in [-0.1, -0.05) is 37.3 Å². The normalized spacial score (nSPS) is 21.8. The zero-order chi connectivity index (χ0) is 13.7. The van der Waals surface area contributed by atoms with Crippen LogP contribution < -0.4 is 0 Å². The summed E-state index contributed by atoms with van der Waals surface area (Å²) in [5, 5.41) is 10.4. The molecule has 0 amide bonds. The number of likely N-dealkylation sites (N-methyl/N-ethyl adjacent to an activating group) is 1. The summed E-state index contributed by atoms with van der Waals surface area (Å²) in [4.78, 5) is 4.87. The summed E-state index contributed by atoms with van der Waals surface area (Å²) in [5.41, 5.74) is 1.03.